The summed E-state index contributed by atoms with van der Waals surface area (Å²) >= 11 is 0. The Labute approximate surface area is 322 Å². The van der Waals surface area contributed by atoms with Crippen molar-refractivity contribution in [2.75, 3.05) is 0 Å². The van der Waals surface area contributed by atoms with Crippen LogP contribution in [0.4, 0.5) is 5.69 Å². The average Bonchev–Trinajstić information content (AvgIpc) is 3.89. The molecule has 8 aromatic carbocycles. The van der Waals surface area contributed by atoms with Gasteiger partial charge in [-0.25, -0.2) is 4.85 Å². The number of nitriles is 1. The summed E-state index contributed by atoms with van der Waals surface area (Å²) in [7, 11) is 0. The molecule has 0 saturated carbocycles. The first-order valence-electron chi connectivity index (χ1n) is 18.7. The maximum absolute atomic E-state index is 9.73. The highest BCUT2D eigenvalue weighted by molar-refractivity contribution is 6.17. The zero-order chi connectivity index (χ0) is 37.5. The van der Waals surface area contributed by atoms with E-state index in [2.05, 4.69) is 183 Å². The first-order chi connectivity index (χ1) is 27.6. The van der Waals surface area contributed by atoms with Crippen molar-refractivity contribution in [3.8, 4) is 34.3 Å². The van der Waals surface area contributed by atoms with Crippen LogP contribution >= 0.6 is 0 Å². The highest BCUT2D eigenvalue weighted by Gasteiger charge is 2.21. The third-order valence-electron chi connectivity index (χ3n) is 11.4. The van der Waals surface area contributed by atoms with Gasteiger partial charge in [0.1, 0.15) is 0 Å². The largest absolute Gasteiger partial charge is 0.310 e. The van der Waals surface area contributed by atoms with Crippen molar-refractivity contribution in [1.29, 1.82) is 5.26 Å². The number of hydrogen-bond acceptors (Lipinski definition) is 1. The molecule has 0 aliphatic carbocycles. The first kappa shape index (κ1) is 31.6. The standard InChI is InChI=1S/C51H31N5/c1-32-28-34(23-27-43(32)55-44-16-7-3-12-37(44)38-13-4-8-17-45(38)55)36-25-24-35(30-42(36)53-2)54-47-19-10-6-15-40(47)51-49(54)20-11-21-50(51)56-46-18-9-5-14-39(46)41-29-33(31-52)22-26-48(41)56/h3-30H,1H3. The molecule has 0 fully saturated rings. The summed E-state index contributed by atoms with van der Waals surface area (Å²) in [4.78, 5) is 4.11. The van der Waals surface area contributed by atoms with E-state index >= 15 is 0 Å². The second kappa shape index (κ2) is 12.1. The van der Waals surface area contributed by atoms with Crippen LogP contribution in [0.1, 0.15) is 11.1 Å². The predicted octanol–water partition coefficient (Wildman–Crippen LogP) is 13.4. The number of hydrogen-bond donors (Lipinski definition) is 0. The molecule has 5 heteroatoms. The molecule has 0 aliphatic heterocycles. The molecule has 0 spiro atoms. The minimum Gasteiger partial charge on any atom is -0.310 e. The highest BCUT2D eigenvalue weighted by Crippen LogP contribution is 2.42. The van der Waals surface area contributed by atoms with Crippen LogP contribution in [0.5, 0.6) is 0 Å². The van der Waals surface area contributed by atoms with Crippen LogP contribution in [0.25, 0.3) is 98.5 Å². The number of benzene rings is 8. The van der Waals surface area contributed by atoms with E-state index in [0.717, 1.165) is 77.4 Å². The summed E-state index contributed by atoms with van der Waals surface area (Å²) in [5.41, 5.74) is 14.0. The van der Waals surface area contributed by atoms with Gasteiger partial charge < -0.3 is 13.7 Å². The van der Waals surface area contributed by atoms with Crippen molar-refractivity contribution in [3.05, 3.63) is 192 Å². The van der Waals surface area contributed by atoms with Gasteiger partial charge in [-0.2, -0.15) is 5.26 Å². The lowest BCUT2D eigenvalue weighted by Crippen LogP contribution is -1.98. The van der Waals surface area contributed by atoms with E-state index in [1.165, 1.54) is 21.8 Å². The number of aryl methyl sites for hydroxylation is 1. The zero-order valence-corrected chi connectivity index (χ0v) is 30.4. The summed E-state index contributed by atoms with van der Waals surface area (Å²) in [5.74, 6) is 0. The van der Waals surface area contributed by atoms with Gasteiger partial charge in [-0.1, -0.05) is 97.1 Å². The fourth-order valence-electron chi connectivity index (χ4n) is 9.02. The third kappa shape index (κ3) is 4.46. The Kier molecular flexibility index (Phi) is 6.83. The van der Waals surface area contributed by atoms with E-state index in [1.54, 1.807) is 0 Å². The summed E-state index contributed by atoms with van der Waals surface area (Å²) in [6.45, 7) is 10.5. The lowest BCUT2D eigenvalue weighted by Gasteiger charge is -2.15. The number of fused-ring (bicyclic) bond motifs is 9. The van der Waals surface area contributed by atoms with Gasteiger partial charge in [0, 0.05) is 43.7 Å². The fourth-order valence-corrected chi connectivity index (χ4v) is 9.02. The molecule has 0 amide bonds. The van der Waals surface area contributed by atoms with Crippen LogP contribution < -0.4 is 0 Å². The average molecular weight is 714 g/mol. The van der Waals surface area contributed by atoms with E-state index in [0.29, 0.717) is 11.3 Å². The summed E-state index contributed by atoms with van der Waals surface area (Å²) in [5, 5.41) is 16.6. The van der Waals surface area contributed by atoms with Crippen molar-refractivity contribution in [2.24, 2.45) is 0 Å². The minimum absolute atomic E-state index is 0.601. The van der Waals surface area contributed by atoms with E-state index < -0.39 is 0 Å². The maximum Gasteiger partial charge on any atom is 0.196 e. The van der Waals surface area contributed by atoms with E-state index in [4.69, 9.17) is 6.57 Å². The molecule has 0 aliphatic rings. The molecule has 0 saturated heterocycles. The predicted molar refractivity (Wildman–Crippen MR) is 231 cm³/mol. The van der Waals surface area contributed by atoms with Crippen molar-refractivity contribution >= 4 is 71.1 Å². The second-order valence-corrected chi connectivity index (χ2v) is 14.4. The topological polar surface area (TPSA) is 42.9 Å². The summed E-state index contributed by atoms with van der Waals surface area (Å²) < 4.78 is 6.96. The van der Waals surface area contributed by atoms with Gasteiger partial charge in [0.2, 0.25) is 0 Å². The zero-order valence-electron chi connectivity index (χ0n) is 30.4. The van der Waals surface area contributed by atoms with Gasteiger partial charge in [-0.3, -0.25) is 0 Å². The Hall–Kier alpha value is -7.86. The third-order valence-corrected chi connectivity index (χ3v) is 11.4. The number of para-hydroxylation sites is 4. The van der Waals surface area contributed by atoms with Crippen LogP contribution in [0.2, 0.25) is 0 Å². The van der Waals surface area contributed by atoms with Gasteiger partial charge in [0.15, 0.2) is 5.69 Å². The Morgan fingerprint density at radius 2 is 1.05 bits per heavy atom. The first-order valence-corrected chi connectivity index (χ1v) is 18.7. The van der Waals surface area contributed by atoms with Crippen LogP contribution in [-0.4, -0.2) is 13.7 Å². The van der Waals surface area contributed by atoms with Crippen LogP contribution in [0.3, 0.4) is 0 Å². The smallest absolute Gasteiger partial charge is 0.196 e. The minimum atomic E-state index is 0.601. The van der Waals surface area contributed by atoms with Crippen molar-refractivity contribution in [1.82, 2.24) is 13.7 Å². The molecule has 0 unspecified atom stereocenters. The van der Waals surface area contributed by atoms with Crippen molar-refractivity contribution in [2.45, 2.75) is 6.92 Å². The SMILES string of the molecule is [C-]#[N+]c1cc(-n2c3ccccc3c3c(-n4c5ccccc5c5cc(C#N)ccc54)cccc32)ccc1-c1ccc(-n2c3ccccc3c3ccccc32)c(C)c1. The molecule has 11 rings (SSSR count). The molecule has 3 aromatic heterocycles. The van der Waals surface area contributed by atoms with Gasteiger partial charge in [0.05, 0.1) is 57.0 Å². The molecular weight excluding hydrogens is 683 g/mol. The summed E-state index contributed by atoms with van der Waals surface area (Å²) in [6.07, 6.45) is 0. The molecule has 3 heterocycles. The quantitative estimate of drug-likeness (QED) is 0.167. The van der Waals surface area contributed by atoms with Crippen molar-refractivity contribution < 1.29 is 0 Å². The number of nitrogens with zero attached hydrogens (tertiary/aromatic N) is 5. The van der Waals surface area contributed by atoms with Crippen LogP contribution in [0, 0.1) is 24.8 Å². The lowest BCUT2D eigenvalue weighted by molar-refractivity contribution is 1.15. The molecule has 56 heavy (non-hydrogen) atoms. The van der Waals surface area contributed by atoms with E-state index in [-0.39, 0.29) is 0 Å². The second-order valence-electron chi connectivity index (χ2n) is 14.4. The van der Waals surface area contributed by atoms with E-state index in [1.807, 2.05) is 18.2 Å². The Balaban J connectivity index is 1.08. The van der Waals surface area contributed by atoms with Gasteiger partial charge in [0.25, 0.3) is 0 Å². The highest BCUT2D eigenvalue weighted by atomic mass is 15.0. The van der Waals surface area contributed by atoms with Crippen LogP contribution in [0.15, 0.2) is 170 Å². The monoisotopic (exact) mass is 713 g/mol. The Morgan fingerprint density at radius 3 is 1.70 bits per heavy atom. The molecule has 0 bridgehead atoms. The van der Waals surface area contributed by atoms with Gasteiger partial charge >= 0.3 is 0 Å². The van der Waals surface area contributed by atoms with Crippen LogP contribution in [-0.2, 0) is 0 Å². The fraction of sp³-hybridized carbons (Fsp3) is 0.0196. The van der Waals surface area contributed by atoms with E-state index in [9.17, 15) is 5.26 Å². The van der Waals surface area contributed by atoms with Gasteiger partial charge in [-0.15, -0.1) is 0 Å². The maximum atomic E-state index is 9.73. The number of rotatable bonds is 4. The van der Waals surface area contributed by atoms with Gasteiger partial charge in [-0.05, 0) is 96.4 Å². The molecule has 0 N–H and O–H groups in total. The molecule has 0 radical (unpaired) electrons. The molecular formula is C51H31N5. The number of aromatic nitrogens is 3. The van der Waals surface area contributed by atoms with Crippen molar-refractivity contribution in [3.63, 3.8) is 0 Å². The Bertz CT molecular complexity index is 3470. The molecule has 0 atom stereocenters. The molecule has 5 nitrogen and oxygen atoms in total. The molecule has 260 valence electrons. The lowest BCUT2D eigenvalue weighted by atomic mass is 10.00. The summed E-state index contributed by atoms with van der Waals surface area (Å²) in [6, 6.07) is 61.6. The normalized spacial score (nSPS) is 11.6. The Morgan fingerprint density at radius 1 is 0.482 bits per heavy atom. The molecule has 11 aromatic rings.